The van der Waals surface area contributed by atoms with Crippen LogP contribution < -0.4 is 4.74 Å². The average Bonchev–Trinajstić information content (AvgIpc) is 3.07. The number of imidazole rings is 1. The SMILES string of the molecule is CC(C)c1ccc(OCCn2c(-c3ccccc3F)nc3ccccc32)cc1. The summed E-state index contributed by atoms with van der Waals surface area (Å²) in [5, 5.41) is 0. The molecule has 0 unspecified atom stereocenters. The lowest BCUT2D eigenvalue weighted by Crippen LogP contribution is -2.10. The lowest BCUT2D eigenvalue weighted by molar-refractivity contribution is 0.300. The zero-order chi connectivity index (χ0) is 19.5. The number of rotatable bonds is 6. The van der Waals surface area contributed by atoms with E-state index in [-0.39, 0.29) is 5.82 Å². The quantitative estimate of drug-likeness (QED) is 0.411. The van der Waals surface area contributed by atoms with Crippen molar-refractivity contribution in [3.8, 4) is 17.1 Å². The van der Waals surface area contributed by atoms with Gasteiger partial charge in [-0.05, 0) is 47.9 Å². The van der Waals surface area contributed by atoms with E-state index in [9.17, 15) is 4.39 Å². The predicted octanol–water partition coefficient (Wildman–Crippen LogP) is 6.04. The lowest BCUT2D eigenvalue weighted by Gasteiger charge is -2.12. The Morgan fingerprint density at radius 1 is 0.929 bits per heavy atom. The highest BCUT2D eigenvalue weighted by atomic mass is 19.1. The maximum atomic E-state index is 14.4. The molecule has 0 aliphatic carbocycles. The fourth-order valence-electron chi connectivity index (χ4n) is 3.35. The molecule has 4 aromatic rings. The van der Waals surface area contributed by atoms with E-state index < -0.39 is 0 Å². The molecule has 0 spiro atoms. The standard InChI is InChI=1S/C24H23FN2O/c1-17(2)18-11-13-19(14-12-18)28-16-15-27-23-10-6-5-9-22(23)26-24(27)20-7-3-4-8-21(20)25/h3-14,17H,15-16H2,1-2H3. The first kappa shape index (κ1) is 18.2. The van der Waals surface area contributed by atoms with E-state index in [2.05, 4.69) is 31.0 Å². The molecule has 0 radical (unpaired) electrons. The molecule has 0 atom stereocenters. The van der Waals surface area contributed by atoms with Crippen LogP contribution >= 0.6 is 0 Å². The lowest BCUT2D eigenvalue weighted by atomic mass is 10.0. The number of hydrogen-bond acceptors (Lipinski definition) is 2. The molecular weight excluding hydrogens is 351 g/mol. The van der Waals surface area contributed by atoms with Gasteiger partial charge in [-0.15, -0.1) is 0 Å². The van der Waals surface area contributed by atoms with Gasteiger partial charge in [0.25, 0.3) is 0 Å². The van der Waals surface area contributed by atoms with Gasteiger partial charge in [-0.2, -0.15) is 0 Å². The molecule has 142 valence electrons. The Balaban J connectivity index is 1.59. The molecule has 0 bridgehead atoms. The van der Waals surface area contributed by atoms with Gasteiger partial charge in [0.15, 0.2) is 0 Å². The Bertz CT molecular complexity index is 1080. The van der Waals surface area contributed by atoms with E-state index in [1.165, 1.54) is 11.6 Å². The number of ether oxygens (including phenoxy) is 1. The van der Waals surface area contributed by atoms with Crippen molar-refractivity contribution in [3.05, 3.63) is 84.2 Å². The van der Waals surface area contributed by atoms with Gasteiger partial charge >= 0.3 is 0 Å². The van der Waals surface area contributed by atoms with Gasteiger partial charge in [0.1, 0.15) is 24.0 Å². The number of halogens is 1. The topological polar surface area (TPSA) is 27.1 Å². The van der Waals surface area contributed by atoms with Crippen molar-refractivity contribution in [1.29, 1.82) is 0 Å². The second kappa shape index (κ2) is 7.85. The second-order valence-electron chi connectivity index (χ2n) is 7.13. The summed E-state index contributed by atoms with van der Waals surface area (Å²) < 4.78 is 22.4. The molecule has 0 fully saturated rings. The summed E-state index contributed by atoms with van der Waals surface area (Å²) >= 11 is 0. The predicted molar refractivity (Wildman–Crippen MR) is 111 cm³/mol. The van der Waals surface area contributed by atoms with Crippen molar-refractivity contribution in [2.24, 2.45) is 0 Å². The van der Waals surface area contributed by atoms with Crippen LogP contribution in [0.3, 0.4) is 0 Å². The van der Waals surface area contributed by atoms with Crippen molar-refractivity contribution in [2.75, 3.05) is 6.61 Å². The van der Waals surface area contributed by atoms with Crippen LogP contribution in [0.4, 0.5) is 4.39 Å². The molecule has 4 heteroatoms. The molecule has 28 heavy (non-hydrogen) atoms. The van der Waals surface area contributed by atoms with E-state index in [0.717, 1.165) is 16.8 Å². The van der Waals surface area contributed by atoms with E-state index >= 15 is 0 Å². The molecule has 0 saturated heterocycles. The van der Waals surface area contributed by atoms with Gasteiger partial charge in [0.2, 0.25) is 0 Å². The van der Waals surface area contributed by atoms with Crippen LogP contribution in [0.1, 0.15) is 25.3 Å². The Morgan fingerprint density at radius 2 is 1.64 bits per heavy atom. The van der Waals surface area contributed by atoms with E-state index in [4.69, 9.17) is 4.74 Å². The molecule has 3 nitrogen and oxygen atoms in total. The van der Waals surface area contributed by atoms with Crippen LogP contribution in [0.25, 0.3) is 22.4 Å². The summed E-state index contributed by atoms with van der Waals surface area (Å²) in [5.74, 6) is 1.68. The van der Waals surface area contributed by atoms with Crippen LogP contribution in [0.5, 0.6) is 5.75 Å². The highest BCUT2D eigenvalue weighted by molar-refractivity contribution is 5.80. The van der Waals surface area contributed by atoms with Gasteiger partial charge in [-0.1, -0.05) is 50.2 Å². The summed E-state index contributed by atoms with van der Waals surface area (Å²) in [4.78, 5) is 4.67. The first-order valence-corrected chi connectivity index (χ1v) is 9.56. The molecule has 0 saturated carbocycles. The number of aromatic nitrogens is 2. The number of nitrogens with zero attached hydrogens (tertiary/aromatic N) is 2. The summed E-state index contributed by atoms with van der Waals surface area (Å²) in [5.41, 5.74) is 3.61. The summed E-state index contributed by atoms with van der Waals surface area (Å²) in [6.45, 7) is 5.40. The largest absolute Gasteiger partial charge is 0.492 e. The van der Waals surface area contributed by atoms with Gasteiger partial charge < -0.3 is 9.30 Å². The Hall–Kier alpha value is -3.14. The highest BCUT2D eigenvalue weighted by Crippen LogP contribution is 2.27. The minimum atomic E-state index is -0.274. The van der Waals surface area contributed by atoms with Crippen LogP contribution in [0, 0.1) is 5.82 Å². The number of fused-ring (bicyclic) bond motifs is 1. The van der Waals surface area contributed by atoms with E-state index in [1.807, 2.05) is 47.0 Å². The van der Waals surface area contributed by atoms with E-state index in [0.29, 0.717) is 30.5 Å². The van der Waals surface area contributed by atoms with Crippen molar-refractivity contribution >= 4 is 11.0 Å². The third kappa shape index (κ3) is 3.63. The summed E-state index contributed by atoms with van der Waals surface area (Å²) in [6.07, 6.45) is 0. The third-order valence-corrected chi connectivity index (χ3v) is 4.90. The minimum Gasteiger partial charge on any atom is -0.492 e. The first-order chi connectivity index (χ1) is 13.6. The Kier molecular flexibility index (Phi) is 5.11. The van der Waals surface area contributed by atoms with Gasteiger partial charge in [0, 0.05) is 0 Å². The first-order valence-electron chi connectivity index (χ1n) is 9.56. The number of benzene rings is 3. The molecular formula is C24H23FN2O. The summed E-state index contributed by atoms with van der Waals surface area (Å²) in [6, 6.07) is 22.8. The normalized spacial score (nSPS) is 11.3. The zero-order valence-corrected chi connectivity index (χ0v) is 16.1. The molecule has 4 rings (SSSR count). The van der Waals surface area contributed by atoms with Crippen molar-refractivity contribution in [2.45, 2.75) is 26.3 Å². The summed E-state index contributed by atoms with van der Waals surface area (Å²) in [7, 11) is 0. The van der Waals surface area contributed by atoms with E-state index in [1.54, 1.807) is 12.1 Å². The maximum absolute atomic E-state index is 14.4. The molecule has 0 aliphatic heterocycles. The van der Waals surface area contributed by atoms with Crippen LogP contribution in [0.15, 0.2) is 72.8 Å². The number of hydrogen-bond donors (Lipinski definition) is 0. The molecule has 1 aromatic heterocycles. The highest BCUT2D eigenvalue weighted by Gasteiger charge is 2.15. The van der Waals surface area contributed by atoms with Crippen LogP contribution in [-0.2, 0) is 6.54 Å². The monoisotopic (exact) mass is 374 g/mol. The van der Waals surface area contributed by atoms with Crippen molar-refractivity contribution in [1.82, 2.24) is 9.55 Å². The van der Waals surface area contributed by atoms with Gasteiger partial charge in [-0.3, -0.25) is 0 Å². The number of para-hydroxylation sites is 2. The van der Waals surface area contributed by atoms with Gasteiger partial charge in [-0.25, -0.2) is 9.37 Å². The minimum absolute atomic E-state index is 0.274. The molecule has 1 heterocycles. The third-order valence-electron chi connectivity index (χ3n) is 4.90. The molecule has 0 N–H and O–H groups in total. The van der Waals surface area contributed by atoms with Crippen LogP contribution in [0.2, 0.25) is 0 Å². The molecule has 3 aromatic carbocycles. The maximum Gasteiger partial charge on any atom is 0.144 e. The Morgan fingerprint density at radius 3 is 2.39 bits per heavy atom. The fourth-order valence-corrected chi connectivity index (χ4v) is 3.35. The smallest absolute Gasteiger partial charge is 0.144 e. The average molecular weight is 374 g/mol. The van der Waals surface area contributed by atoms with Crippen molar-refractivity contribution in [3.63, 3.8) is 0 Å². The Labute approximate surface area is 164 Å². The molecule has 0 aliphatic rings. The van der Waals surface area contributed by atoms with Gasteiger partial charge in [0.05, 0.1) is 23.1 Å². The molecule has 0 amide bonds. The zero-order valence-electron chi connectivity index (χ0n) is 16.1. The fraction of sp³-hybridized carbons (Fsp3) is 0.208. The van der Waals surface area contributed by atoms with Crippen molar-refractivity contribution < 1.29 is 9.13 Å². The van der Waals surface area contributed by atoms with Crippen LogP contribution in [-0.4, -0.2) is 16.2 Å². The second-order valence-corrected chi connectivity index (χ2v) is 7.13.